The van der Waals surface area contributed by atoms with Gasteiger partial charge in [0.1, 0.15) is 17.6 Å². The van der Waals surface area contributed by atoms with Crippen LogP contribution in [0.5, 0.6) is 11.5 Å². The van der Waals surface area contributed by atoms with Gasteiger partial charge in [0.2, 0.25) is 0 Å². The summed E-state index contributed by atoms with van der Waals surface area (Å²) in [5, 5.41) is 3.58. The van der Waals surface area contributed by atoms with Gasteiger partial charge in [-0.2, -0.15) is 0 Å². The maximum Gasteiger partial charge on any atom is 0.123 e. The van der Waals surface area contributed by atoms with Crippen LogP contribution in [-0.4, -0.2) is 19.3 Å². The number of hydrogen-bond acceptors (Lipinski definition) is 3. The summed E-state index contributed by atoms with van der Waals surface area (Å²) in [6, 6.07) is 4.80. The molecule has 1 heterocycles. The molecular weight excluding hydrogens is 250 g/mol. The Hall–Kier alpha value is -1.22. The predicted molar refractivity (Wildman–Crippen MR) is 82.6 cm³/mol. The van der Waals surface area contributed by atoms with E-state index < -0.39 is 0 Å². The summed E-state index contributed by atoms with van der Waals surface area (Å²) in [7, 11) is 1.74. The molecule has 1 aromatic carbocycles. The van der Waals surface area contributed by atoms with Crippen LogP contribution in [0.15, 0.2) is 12.1 Å². The molecule has 0 spiro atoms. The minimum absolute atomic E-state index is 0.279. The highest BCUT2D eigenvalue weighted by atomic mass is 16.5. The van der Waals surface area contributed by atoms with Crippen LogP contribution in [0.3, 0.4) is 0 Å². The zero-order valence-electron chi connectivity index (χ0n) is 13.2. The van der Waals surface area contributed by atoms with Gasteiger partial charge >= 0.3 is 0 Å². The number of hydrogen-bond donors (Lipinski definition) is 1. The van der Waals surface area contributed by atoms with Crippen LogP contribution in [0.4, 0.5) is 0 Å². The van der Waals surface area contributed by atoms with E-state index >= 15 is 0 Å². The molecule has 0 amide bonds. The molecule has 112 valence electrons. The largest absolute Gasteiger partial charge is 0.496 e. The average molecular weight is 277 g/mol. The zero-order valence-corrected chi connectivity index (χ0v) is 13.2. The Morgan fingerprint density at radius 2 is 2.25 bits per heavy atom. The molecule has 1 N–H and O–H groups in total. The Balaban J connectivity index is 2.02. The molecule has 3 nitrogen and oxygen atoms in total. The van der Waals surface area contributed by atoms with E-state index in [0.29, 0.717) is 6.04 Å². The highest BCUT2D eigenvalue weighted by molar-refractivity contribution is 5.48. The van der Waals surface area contributed by atoms with Crippen molar-refractivity contribution >= 4 is 0 Å². The van der Waals surface area contributed by atoms with Crippen LogP contribution in [0.1, 0.15) is 51.2 Å². The number of rotatable bonds is 7. The minimum atomic E-state index is 0.279. The van der Waals surface area contributed by atoms with Gasteiger partial charge in [0.05, 0.1) is 7.11 Å². The maximum absolute atomic E-state index is 5.84. The molecule has 1 aromatic rings. The van der Waals surface area contributed by atoms with Crippen LogP contribution in [0.25, 0.3) is 0 Å². The summed E-state index contributed by atoms with van der Waals surface area (Å²) in [6.45, 7) is 7.42. The summed E-state index contributed by atoms with van der Waals surface area (Å²) in [4.78, 5) is 0. The van der Waals surface area contributed by atoms with E-state index in [2.05, 4.69) is 38.2 Å². The molecule has 2 rings (SSSR count). The molecule has 1 aliphatic heterocycles. The van der Waals surface area contributed by atoms with E-state index in [1.54, 1.807) is 7.11 Å². The Labute approximate surface area is 122 Å². The Morgan fingerprint density at radius 3 is 2.95 bits per heavy atom. The van der Waals surface area contributed by atoms with Crippen LogP contribution < -0.4 is 14.8 Å². The highest BCUT2D eigenvalue weighted by Crippen LogP contribution is 2.34. The van der Waals surface area contributed by atoms with Crippen molar-refractivity contribution < 1.29 is 9.47 Å². The monoisotopic (exact) mass is 277 g/mol. The van der Waals surface area contributed by atoms with Crippen molar-refractivity contribution in [3.8, 4) is 11.5 Å². The summed E-state index contributed by atoms with van der Waals surface area (Å²) < 4.78 is 11.4. The number of benzene rings is 1. The van der Waals surface area contributed by atoms with E-state index in [1.165, 1.54) is 30.4 Å². The number of unbranched alkanes of at least 4 members (excludes halogenated alkanes) is 1. The van der Waals surface area contributed by atoms with Gasteiger partial charge in [0, 0.05) is 30.1 Å². The maximum atomic E-state index is 5.84. The summed E-state index contributed by atoms with van der Waals surface area (Å²) in [5.41, 5.74) is 2.45. The highest BCUT2D eigenvalue weighted by Gasteiger charge is 2.21. The molecule has 0 saturated heterocycles. The molecule has 3 heteroatoms. The number of ether oxygens (including phenoxy) is 2. The number of methoxy groups -OCH3 is 1. The van der Waals surface area contributed by atoms with Gasteiger partial charge in [-0.1, -0.05) is 19.8 Å². The van der Waals surface area contributed by atoms with Crippen molar-refractivity contribution in [2.45, 2.75) is 65.1 Å². The molecule has 0 bridgehead atoms. The average Bonchev–Trinajstić information content (AvgIpc) is 2.80. The lowest BCUT2D eigenvalue weighted by atomic mass is 10.1. The lowest BCUT2D eigenvalue weighted by Crippen LogP contribution is -2.25. The molecule has 0 aliphatic carbocycles. The number of fused-ring (bicyclic) bond motifs is 1. The van der Waals surface area contributed by atoms with E-state index in [1.807, 2.05) is 0 Å². The second-order valence-electron chi connectivity index (χ2n) is 5.83. The van der Waals surface area contributed by atoms with Gasteiger partial charge < -0.3 is 14.8 Å². The normalized spacial score (nSPS) is 18.5. The van der Waals surface area contributed by atoms with Crippen molar-refractivity contribution in [3.63, 3.8) is 0 Å². The second kappa shape index (κ2) is 6.98. The summed E-state index contributed by atoms with van der Waals surface area (Å²) in [5.74, 6) is 1.99. The van der Waals surface area contributed by atoms with Crippen molar-refractivity contribution in [1.29, 1.82) is 0 Å². The summed E-state index contributed by atoms with van der Waals surface area (Å²) in [6.07, 6.45) is 5.00. The van der Waals surface area contributed by atoms with Crippen molar-refractivity contribution in [3.05, 3.63) is 23.3 Å². The topological polar surface area (TPSA) is 30.5 Å². The molecular formula is C17H27NO2. The van der Waals surface area contributed by atoms with Crippen molar-refractivity contribution in [2.24, 2.45) is 0 Å². The van der Waals surface area contributed by atoms with E-state index in [9.17, 15) is 0 Å². The molecule has 0 aromatic heterocycles. The first-order valence-electron chi connectivity index (χ1n) is 7.73. The van der Waals surface area contributed by atoms with Gasteiger partial charge in [-0.3, -0.25) is 0 Å². The fraction of sp³-hybridized carbons (Fsp3) is 0.647. The molecule has 1 aliphatic rings. The van der Waals surface area contributed by atoms with Crippen LogP contribution in [-0.2, 0) is 13.0 Å². The fourth-order valence-corrected chi connectivity index (χ4v) is 2.71. The first-order chi connectivity index (χ1) is 9.63. The third-order valence-corrected chi connectivity index (χ3v) is 3.93. The SMILES string of the molecule is CCCCC(C)NCc1cc2c(cc1OC)CC(C)O2. The van der Waals surface area contributed by atoms with Gasteiger partial charge in [-0.05, 0) is 32.4 Å². The number of nitrogens with one attached hydrogen (secondary N) is 1. The lowest BCUT2D eigenvalue weighted by Gasteiger charge is -2.16. The van der Waals surface area contributed by atoms with Gasteiger partial charge in [0.15, 0.2) is 0 Å². The van der Waals surface area contributed by atoms with E-state index in [4.69, 9.17) is 9.47 Å². The second-order valence-corrected chi connectivity index (χ2v) is 5.83. The third kappa shape index (κ3) is 3.66. The van der Waals surface area contributed by atoms with E-state index in [0.717, 1.165) is 24.5 Å². The van der Waals surface area contributed by atoms with Crippen molar-refractivity contribution in [1.82, 2.24) is 5.32 Å². The van der Waals surface area contributed by atoms with Gasteiger partial charge in [0.25, 0.3) is 0 Å². The smallest absolute Gasteiger partial charge is 0.123 e. The minimum Gasteiger partial charge on any atom is -0.496 e. The lowest BCUT2D eigenvalue weighted by molar-refractivity contribution is 0.254. The first kappa shape index (κ1) is 15.2. The van der Waals surface area contributed by atoms with Gasteiger partial charge in [-0.15, -0.1) is 0 Å². The zero-order chi connectivity index (χ0) is 14.5. The van der Waals surface area contributed by atoms with Crippen LogP contribution in [0, 0.1) is 0 Å². The molecule has 2 unspecified atom stereocenters. The molecule has 20 heavy (non-hydrogen) atoms. The van der Waals surface area contributed by atoms with Gasteiger partial charge in [-0.25, -0.2) is 0 Å². The first-order valence-corrected chi connectivity index (χ1v) is 7.73. The fourth-order valence-electron chi connectivity index (χ4n) is 2.71. The molecule has 0 fully saturated rings. The Bertz CT molecular complexity index is 445. The Morgan fingerprint density at radius 1 is 1.45 bits per heavy atom. The molecule has 0 radical (unpaired) electrons. The predicted octanol–water partition coefficient (Wildman–Crippen LogP) is 3.69. The standard InChI is InChI=1S/C17H27NO2/c1-5-6-7-12(2)18-11-15-10-17-14(8-13(3)20-17)9-16(15)19-4/h9-10,12-13,18H,5-8,11H2,1-4H3. The third-order valence-electron chi connectivity index (χ3n) is 3.93. The quantitative estimate of drug-likeness (QED) is 0.824. The summed E-state index contributed by atoms with van der Waals surface area (Å²) >= 11 is 0. The molecule has 0 saturated carbocycles. The molecule has 2 atom stereocenters. The van der Waals surface area contributed by atoms with E-state index in [-0.39, 0.29) is 6.10 Å². The Kier molecular flexibility index (Phi) is 5.30. The van der Waals surface area contributed by atoms with Crippen LogP contribution >= 0.6 is 0 Å². The van der Waals surface area contributed by atoms with Crippen molar-refractivity contribution in [2.75, 3.05) is 7.11 Å². The van der Waals surface area contributed by atoms with Crippen LogP contribution in [0.2, 0.25) is 0 Å².